The Morgan fingerprint density at radius 3 is 1.93 bits per heavy atom. The Bertz CT molecular complexity index is 179. The van der Waals surface area contributed by atoms with Crippen molar-refractivity contribution < 1.29 is 51.0 Å². The van der Waals surface area contributed by atoms with E-state index in [4.69, 9.17) is 0 Å². The molecule has 0 aromatic carbocycles. The Labute approximate surface area is 119 Å². The minimum atomic E-state index is 0. The van der Waals surface area contributed by atoms with Crippen molar-refractivity contribution in [2.45, 2.75) is 38.8 Å². The van der Waals surface area contributed by atoms with E-state index >= 15 is 0 Å². The monoisotopic (exact) mass is 310 g/mol. The van der Waals surface area contributed by atoms with Crippen molar-refractivity contribution in [3.05, 3.63) is 29.6 Å². The molecule has 0 aliphatic heterocycles. The van der Waals surface area contributed by atoms with Crippen molar-refractivity contribution in [3.8, 4) is 0 Å². The van der Waals surface area contributed by atoms with Crippen molar-refractivity contribution >= 4 is 0 Å². The molecule has 1 nitrogen and oxygen atoms in total. The van der Waals surface area contributed by atoms with E-state index in [2.05, 4.69) is 50.4 Å². The Kier molecular flexibility index (Phi) is 13.3. The Hall–Kier alpha value is 0.903. The van der Waals surface area contributed by atoms with Gasteiger partial charge in [0, 0.05) is 0 Å². The predicted octanol–water partition coefficient (Wildman–Crippen LogP) is -2.95. The summed E-state index contributed by atoms with van der Waals surface area (Å²) in [6.07, 6.45) is 9.46. The second-order valence-corrected chi connectivity index (χ2v) is 3.56. The van der Waals surface area contributed by atoms with Crippen LogP contribution in [0.25, 0.3) is 5.32 Å². The average molecular weight is 312 g/mol. The largest absolute Gasteiger partial charge is 3.00 e. The molecule has 0 N–H and O–H groups in total. The fraction of sp³-hybridized carbons (Fsp3) is 0.600. The van der Waals surface area contributed by atoms with Gasteiger partial charge in [-0.25, -0.2) is 0 Å². The van der Waals surface area contributed by atoms with E-state index in [1.807, 2.05) is 0 Å². The summed E-state index contributed by atoms with van der Waals surface area (Å²) in [5.74, 6) is 0. The van der Waals surface area contributed by atoms with Gasteiger partial charge in [-0.2, -0.15) is 0 Å². The number of hydrogen-bond acceptors (Lipinski definition) is 0. The molecular formula is C10H16Cl2NZr. The van der Waals surface area contributed by atoms with E-state index in [9.17, 15) is 0 Å². The third-order valence-corrected chi connectivity index (χ3v) is 2.09. The summed E-state index contributed by atoms with van der Waals surface area (Å²) in [4.78, 5) is 0. The van der Waals surface area contributed by atoms with Gasteiger partial charge in [-0.1, -0.05) is 57.5 Å². The molecule has 1 rings (SSSR count). The van der Waals surface area contributed by atoms with Crippen molar-refractivity contribution in [2.75, 3.05) is 0 Å². The van der Waals surface area contributed by atoms with Gasteiger partial charge < -0.3 is 30.1 Å². The van der Waals surface area contributed by atoms with E-state index < -0.39 is 0 Å². The number of allylic oxidation sites excluding steroid dienone is 2. The number of rotatable bonds is 3. The first-order valence-corrected chi connectivity index (χ1v) is 4.21. The van der Waals surface area contributed by atoms with Crippen LogP contribution in [0.5, 0.6) is 0 Å². The van der Waals surface area contributed by atoms with Crippen LogP contribution in [0.2, 0.25) is 0 Å². The normalized spacial score (nSPS) is 14.2. The number of halogens is 2. The van der Waals surface area contributed by atoms with Crippen LogP contribution in [0, 0.1) is 0 Å². The minimum Gasteiger partial charge on any atom is -1.00 e. The molecule has 0 fully saturated rings. The average Bonchev–Trinajstić information content (AvgIpc) is 2.39. The number of nitrogens with zero attached hydrogens (tertiary/aromatic N) is 1. The van der Waals surface area contributed by atoms with Crippen LogP contribution in [0.1, 0.15) is 27.2 Å². The standard InChI is InChI=1S/C10H16N.2ClH.Zr/c1-4-10(2,3)11-9-7-5-6-8-9;;;/h5-9H,4H2,1-3H3;2*1H;/q-1;;;+3/p-2. The Morgan fingerprint density at radius 1 is 1.14 bits per heavy atom. The molecule has 4 heteroatoms. The quantitative estimate of drug-likeness (QED) is 0.529. The minimum absolute atomic E-state index is 0. The summed E-state index contributed by atoms with van der Waals surface area (Å²) in [7, 11) is 0. The SMILES string of the molecule is CCC(C)(C)[N-]C1C=CC=C1.[Cl-].[Cl-].[Zr+3]. The van der Waals surface area contributed by atoms with Gasteiger partial charge in [-0.05, 0) is 0 Å². The molecule has 0 aromatic heterocycles. The Balaban J connectivity index is -0.000000403. The zero-order chi connectivity index (χ0) is 8.32. The molecular weight excluding hydrogens is 296 g/mol. The third-order valence-electron chi connectivity index (χ3n) is 2.09. The van der Waals surface area contributed by atoms with Crippen molar-refractivity contribution in [1.82, 2.24) is 0 Å². The Morgan fingerprint density at radius 2 is 1.57 bits per heavy atom. The van der Waals surface area contributed by atoms with Crippen LogP contribution < -0.4 is 24.8 Å². The summed E-state index contributed by atoms with van der Waals surface area (Å²) in [5.41, 5.74) is 0.129. The molecule has 0 saturated heterocycles. The van der Waals surface area contributed by atoms with Gasteiger partial charge in [0.15, 0.2) is 0 Å². The molecule has 0 heterocycles. The molecule has 0 amide bonds. The molecule has 1 aliphatic carbocycles. The van der Waals surface area contributed by atoms with Gasteiger partial charge in [-0.3, -0.25) is 0 Å². The maximum absolute atomic E-state index is 4.65. The fourth-order valence-electron chi connectivity index (χ4n) is 1.00. The molecule has 1 radical (unpaired) electrons. The van der Waals surface area contributed by atoms with Crippen LogP contribution in [0.4, 0.5) is 0 Å². The van der Waals surface area contributed by atoms with Crippen molar-refractivity contribution in [1.29, 1.82) is 0 Å². The first-order valence-electron chi connectivity index (χ1n) is 4.21. The zero-order valence-corrected chi connectivity index (χ0v) is 12.8. The summed E-state index contributed by atoms with van der Waals surface area (Å²) in [5, 5.41) is 4.65. The van der Waals surface area contributed by atoms with E-state index in [-0.39, 0.29) is 56.6 Å². The predicted molar refractivity (Wildman–Crippen MR) is 49.8 cm³/mol. The van der Waals surface area contributed by atoms with Crippen molar-refractivity contribution in [3.63, 3.8) is 0 Å². The maximum Gasteiger partial charge on any atom is 3.00 e. The van der Waals surface area contributed by atoms with Gasteiger partial charge >= 0.3 is 26.2 Å². The van der Waals surface area contributed by atoms with Gasteiger partial charge in [0.1, 0.15) is 0 Å². The third kappa shape index (κ3) is 7.23. The summed E-state index contributed by atoms with van der Waals surface area (Å²) in [6.45, 7) is 6.52. The van der Waals surface area contributed by atoms with Crippen LogP contribution >= 0.6 is 0 Å². The molecule has 0 bridgehead atoms. The summed E-state index contributed by atoms with van der Waals surface area (Å²) < 4.78 is 0. The summed E-state index contributed by atoms with van der Waals surface area (Å²) in [6, 6.07) is 0.324. The van der Waals surface area contributed by atoms with Crippen LogP contribution in [0.15, 0.2) is 24.3 Å². The topological polar surface area (TPSA) is 14.1 Å². The van der Waals surface area contributed by atoms with Crippen LogP contribution in [-0.2, 0) is 26.2 Å². The molecule has 0 saturated carbocycles. The first-order chi connectivity index (χ1) is 5.14. The van der Waals surface area contributed by atoms with Crippen LogP contribution in [0.3, 0.4) is 0 Å². The van der Waals surface area contributed by atoms with Crippen molar-refractivity contribution in [2.24, 2.45) is 0 Å². The van der Waals surface area contributed by atoms with E-state index in [0.717, 1.165) is 6.42 Å². The molecule has 1 aliphatic rings. The maximum atomic E-state index is 4.65. The second-order valence-electron chi connectivity index (χ2n) is 3.56. The van der Waals surface area contributed by atoms with Gasteiger partial charge in [0.2, 0.25) is 0 Å². The molecule has 14 heavy (non-hydrogen) atoms. The molecule has 79 valence electrons. The zero-order valence-electron chi connectivity index (χ0n) is 8.80. The van der Waals surface area contributed by atoms with Crippen LogP contribution in [-0.4, -0.2) is 11.6 Å². The van der Waals surface area contributed by atoms with Gasteiger partial charge in [0.05, 0.1) is 0 Å². The molecule has 0 unspecified atom stereocenters. The number of hydrogen-bond donors (Lipinski definition) is 0. The first kappa shape index (κ1) is 20.3. The van der Waals surface area contributed by atoms with E-state index in [1.165, 1.54) is 0 Å². The van der Waals surface area contributed by atoms with Gasteiger partial charge in [-0.15, -0.1) is 5.54 Å². The van der Waals surface area contributed by atoms with E-state index in [1.54, 1.807) is 0 Å². The summed E-state index contributed by atoms with van der Waals surface area (Å²) >= 11 is 0. The van der Waals surface area contributed by atoms with Gasteiger partial charge in [0.25, 0.3) is 0 Å². The molecule has 0 aromatic rings. The molecule has 0 atom stereocenters. The fourth-order valence-corrected chi connectivity index (χ4v) is 1.00. The van der Waals surface area contributed by atoms with E-state index in [0.29, 0.717) is 6.04 Å². The smallest absolute Gasteiger partial charge is 1.00 e. The molecule has 0 spiro atoms. The second kappa shape index (κ2) is 9.15.